The Morgan fingerprint density at radius 2 is 2.04 bits per heavy atom. The second-order valence-corrected chi connectivity index (χ2v) is 8.48. The summed E-state index contributed by atoms with van der Waals surface area (Å²) in [4.78, 5) is 35.4. The quantitative estimate of drug-likeness (QED) is 0.758. The van der Waals surface area contributed by atoms with Crippen LogP contribution in [0.25, 0.3) is 0 Å². The molecule has 0 aromatic carbocycles. The molecule has 3 heterocycles. The number of likely N-dealkylation sites (tertiary alicyclic amines) is 2. The molecule has 1 aromatic heterocycles. The van der Waals surface area contributed by atoms with Crippen molar-refractivity contribution in [3.8, 4) is 0 Å². The minimum Gasteiger partial charge on any atom is -0.342 e. The standard InChI is InChI=1S/C20H33N5O2/c1-17(25-14-9-21-16-25)19(27)23-12-7-20(8-13-23)6-5-18(26)24(15-20)11-4-10-22(2)3/h9,14,16-17H,4-8,10-13,15H2,1-3H3. The lowest BCUT2D eigenvalue weighted by Gasteiger charge is -2.47. The zero-order chi connectivity index (χ0) is 19.4. The van der Waals surface area contributed by atoms with Crippen molar-refractivity contribution in [1.82, 2.24) is 24.3 Å². The van der Waals surface area contributed by atoms with Crippen molar-refractivity contribution in [3.63, 3.8) is 0 Å². The molecule has 0 aliphatic carbocycles. The number of nitrogens with zero attached hydrogens (tertiary/aromatic N) is 5. The summed E-state index contributed by atoms with van der Waals surface area (Å²) in [5.74, 6) is 0.462. The van der Waals surface area contributed by atoms with Crippen LogP contribution in [0.5, 0.6) is 0 Å². The van der Waals surface area contributed by atoms with Crippen molar-refractivity contribution >= 4 is 11.8 Å². The van der Waals surface area contributed by atoms with Crippen LogP contribution in [0.4, 0.5) is 0 Å². The van der Waals surface area contributed by atoms with Gasteiger partial charge >= 0.3 is 0 Å². The van der Waals surface area contributed by atoms with Gasteiger partial charge in [-0.3, -0.25) is 9.59 Å². The van der Waals surface area contributed by atoms with Gasteiger partial charge < -0.3 is 19.3 Å². The molecule has 2 fully saturated rings. The first-order valence-corrected chi connectivity index (χ1v) is 10.1. The van der Waals surface area contributed by atoms with Gasteiger partial charge in [-0.15, -0.1) is 0 Å². The monoisotopic (exact) mass is 375 g/mol. The molecule has 1 atom stereocenters. The van der Waals surface area contributed by atoms with Crippen LogP contribution in [0.15, 0.2) is 18.7 Å². The molecule has 1 unspecified atom stereocenters. The van der Waals surface area contributed by atoms with E-state index < -0.39 is 0 Å². The number of amides is 2. The van der Waals surface area contributed by atoms with Crippen LogP contribution >= 0.6 is 0 Å². The lowest BCUT2D eigenvalue weighted by Crippen LogP contribution is -2.53. The Balaban J connectivity index is 1.54. The summed E-state index contributed by atoms with van der Waals surface area (Å²) in [6.45, 7) is 6.22. The average molecular weight is 376 g/mol. The first-order valence-electron chi connectivity index (χ1n) is 10.1. The van der Waals surface area contributed by atoms with Gasteiger partial charge in [0.15, 0.2) is 0 Å². The van der Waals surface area contributed by atoms with Gasteiger partial charge in [-0.25, -0.2) is 4.98 Å². The van der Waals surface area contributed by atoms with Crippen LogP contribution in [0.3, 0.4) is 0 Å². The lowest BCUT2D eigenvalue weighted by molar-refractivity contribution is -0.143. The second-order valence-electron chi connectivity index (χ2n) is 8.48. The molecule has 2 amide bonds. The van der Waals surface area contributed by atoms with Crippen LogP contribution in [0.2, 0.25) is 0 Å². The van der Waals surface area contributed by atoms with E-state index >= 15 is 0 Å². The van der Waals surface area contributed by atoms with E-state index in [0.29, 0.717) is 12.3 Å². The number of rotatable bonds is 6. The lowest BCUT2D eigenvalue weighted by atomic mass is 9.72. The van der Waals surface area contributed by atoms with E-state index in [4.69, 9.17) is 0 Å². The first kappa shape index (κ1) is 19.9. The fourth-order valence-corrected chi connectivity index (χ4v) is 4.38. The average Bonchev–Trinajstić information content (AvgIpc) is 3.19. The van der Waals surface area contributed by atoms with E-state index in [9.17, 15) is 9.59 Å². The highest BCUT2D eigenvalue weighted by molar-refractivity contribution is 5.80. The molecule has 0 N–H and O–H groups in total. The number of carbonyl (C=O) groups is 2. The van der Waals surface area contributed by atoms with E-state index in [1.54, 1.807) is 12.5 Å². The highest BCUT2D eigenvalue weighted by atomic mass is 16.2. The van der Waals surface area contributed by atoms with E-state index in [0.717, 1.165) is 58.4 Å². The third-order valence-electron chi connectivity index (χ3n) is 6.25. The van der Waals surface area contributed by atoms with Crippen molar-refractivity contribution in [2.24, 2.45) is 5.41 Å². The summed E-state index contributed by atoms with van der Waals surface area (Å²) >= 11 is 0. The predicted octanol–water partition coefficient (Wildman–Crippen LogP) is 1.63. The van der Waals surface area contributed by atoms with Crippen LogP contribution < -0.4 is 0 Å². The smallest absolute Gasteiger partial charge is 0.245 e. The fraction of sp³-hybridized carbons (Fsp3) is 0.750. The van der Waals surface area contributed by atoms with E-state index in [1.807, 2.05) is 22.6 Å². The van der Waals surface area contributed by atoms with Crippen LogP contribution in [0.1, 0.15) is 45.1 Å². The molecule has 1 aromatic rings. The molecule has 7 nitrogen and oxygen atoms in total. The van der Waals surface area contributed by atoms with Crippen molar-refractivity contribution in [2.75, 3.05) is 46.8 Å². The number of hydrogen-bond acceptors (Lipinski definition) is 4. The second kappa shape index (κ2) is 8.42. The zero-order valence-corrected chi connectivity index (χ0v) is 16.9. The fourth-order valence-electron chi connectivity index (χ4n) is 4.38. The minimum absolute atomic E-state index is 0.164. The summed E-state index contributed by atoms with van der Waals surface area (Å²) in [6, 6.07) is -0.211. The van der Waals surface area contributed by atoms with Gasteiger partial charge in [0.2, 0.25) is 11.8 Å². The Labute approximate surface area is 162 Å². The van der Waals surface area contributed by atoms with Gasteiger partial charge in [0, 0.05) is 45.0 Å². The number of aromatic nitrogens is 2. The normalized spacial score (nSPS) is 21.1. The maximum atomic E-state index is 12.8. The Kier molecular flexibility index (Phi) is 6.19. The molecule has 0 radical (unpaired) electrons. The van der Waals surface area contributed by atoms with Gasteiger partial charge in [-0.1, -0.05) is 0 Å². The maximum absolute atomic E-state index is 12.8. The first-order chi connectivity index (χ1) is 12.9. The van der Waals surface area contributed by atoms with Crippen LogP contribution in [0, 0.1) is 5.41 Å². The SMILES string of the molecule is CC(C(=O)N1CCC2(CCC(=O)N(CCCN(C)C)C2)CC1)n1ccnc1. The van der Waals surface area contributed by atoms with Gasteiger partial charge in [-0.05, 0) is 58.7 Å². The molecule has 1 spiro atoms. The van der Waals surface area contributed by atoms with E-state index in [2.05, 4.69) is 28.9 Å². The van der Waals surface area contributed by atoms with Crippen molar-refractivity contribution < 1.29 is 9.59 Å². The molecular weight excluding hydrogens is 342 g/mol. The van der Waals surface area contributed by atoms with Gasteiger partial charge in [0.05, 0.1) is 6.33 Å². The van der Waals surface area contributed by atoms with E-state index in [1.165, 1.54) is 0 Å². The summed E-state index contributed by atoms with van der Waals surface area (Å²) in [5.41, 5.74) is 0.195. The molecule has 2 aliphatic heterocycles. The zero-order valence-electron chi connectivity index (χ0n) is 16.9. The molecule has 2 aliphatic rings. The number of carbonyl (C=O) groups excluding carboxylic acids is 2. The molecule has 0 bridgehead atoms. The topological polar surface area (TPSA) is 61.7 Å². The molecule has 27 heavy (non-hydrogen) atoms. The van der Waals surface area contributed by atoms with Crippen LogP contribution in [-0.2, 0) is 9.59 Å². The number of piperidine rings is 2. The highest BCUT2D eigenvalue weighted by Gasteiger charge is 2.42. The summed E-state index contributed by atoms with van der Waals surface area (Å²) in [7, 11) is 4.13. The highest BCUT2D eigenvalue weighted by Crippen LogP contribution is 2.40. The Bertz CT molecular complexity index is 635. The maximum Gasteiger partial charge on any atom is 0.245 e. The van der Waals surface area contributed by atoms with Crippen LogP contribution in [-0.4, -0.2) is 82.9 Å². The molecule has 3 rings (SSSR count). The molecule has 0 saturated carbocycles. The number of hydrogen-bond donors (Lipinski definition) is 0. The molecule has 150 valence electrons. The largest absolute Gasteiger partial charge is 0.342 e. The number of imidazole rings is 1. The van der Waals surface area contributed by atoms with E-state index in [-0.39, 0.29) is 17.4 Å². The Morgan fingerprint density at radius 3 is 2.67 bits per heavy atom. The predicted molar refractivity (Wildman–Crippen MR) is 104 cm³/mol. The summed E-state index contributed by atoms with van der Waals surface area (Å²) in [6.07, 6.45) is 9.87. The van der Waals surface area contributed by atoms with Gasteiger partial charge in [0.25, 0.3) is 0 Å². The van der Waals surface area contributed by atoms with Crippen molar-refractivity contribution in [2.45, 2.75) is 45.1 Å². The molecule has 2 saturated heterocycles. The third kappa shape index (κ3) is 4.69. The Hall–Kier alpha value is -1.89. The third-order valence-corrected chi connectivity index (χ3v) is 6.25. The summed E-state index contributed by atoms with van der Waals surface area (Å²) in [5, 5.41) is 0. The van der Waals surface area contributed by atoms with Gasteiger partial charge in [0.1, 0.15) is 6.04 Å². The minimum atomic E-state index is -0.211. The molecule has 7 heteroatoms. The molecular formula is C20H33N5O2. The van der Waals surface area contributed by atoms with Crippen molar-refractivity contribution in [3.05, 3.63) is 18.7 Å². The van der Waals surface area contributed by atoms with Crippen molar-refractivity contribution in [1.29, 1.82) is 0 Å². The Morgan fingerprint density at radius 1 is 1.30 bits per heavy atom. The van der Waals surface area contributed by atoms with Gasteiger partial charge in [-0.2, -0.15) is 0 Å². The summed E-state index contributed by atoms with van der Waals surface area (Å²) < 4.78 is 1.86.